The molecule has 0 spiro atoms. The summed E-state index contributed by atoms with van der Waals surface area (Å²) in [6.07, 6.45) is 0. The third-order valence-electron chi connectivity index (χ3n) is 1.71. The van der Waals surface area contributed by atoms with Gasteiger partial charge in [0.25, 0.3) is 0 Å². The van der Waals surface area contributed by atoms with Crippen molar-refractivity contribution in [2.24, 2.45) is 10.8 Å². The normalized spacial score (nSPS) is 11.8. The summed E-state index contributed by atoms with van der Waals surface area (Å²) in [5.74, 6) is 5.28. The molecular formula is C10H14ClFN4. The second-order valence-corrected chi connectivity index (χ2v) is 3.87. The summed E-state index contributed by atoms with van der Waals surface area (Å²) in [6, 6.07) is 4.12. The SMILES string of the molecule is CC(C)N=C(NN)Nc1ccc(F)cc1Cl. The first-order valence-corrected chi connectivity index (χ1v) is 5.17. The molecule has 0 saturated heterocycles. The number of benzene rings is 1. The number of nitrogens with two attached hydrogens (primary N) is 1. The second-order valence-electron chi connectivity index (χ2n) is 3.46. The van der Waals surface area contributed by atoms with E-state index in [0.29, 0.717) is 11.6 Å². The van der Waals surface area contributed by atoms with Gasteiger partial charge in [-0.1, -0.05) is 11.6 Å². The Hall–Kier alpha value is -1.33. The van der Waals surface area contributed by atoms with Crippen LogP contribution in [0.5, 0.6) is 0 Å². The Labute approximate surface area is 98.7 Å². The molecule has 0 atom stereocenters. The predicted octanol–water partition coefficient (Wildman–Crippen LogP) is 2.12. The lowest BCUT2D eigenvalue weighted by atomic mass is 10.3. The van der Waals surface area contributed by atoms with Crippen LogP contribution in [0.3, 0.4) is 0 Å². The van der Waals surface area contributed by atoms with E-state index in [1.807, 2.05) is 13.8 Å². The summed E-state index contributed by atoms with van der Waals surface area (Å²) in [7, 11) is 0. The Morgan fingerprint density at radius 1 is 1.50 bits per heavy atom. The van der Waals surface area contributed by atoms with Crippen LogP contribution in [0.25, 0.3) is 0 Å². The minimum atomic E-state index is -0.390. The van der Waals surface area contributed by atoms with Gasteiger partial charge in [-0.25, -0.2) is 15.2 Å². The number of aliphatic imine (C=N–C) groups is 1. The molecule has 4 N–H and O–H groups in total. The number of hydrogen-bond donors (Lipinski definition) is 3. The molecule has 4 nitrogen and oxygen atoms in total. The lowest BCUT2D eigenvalue weighted by molar-refractivity contribution is 0.628. The van der Waals surface area contributed by atoms with E-state index in [2.05, 4.69) is 15.7 Å². The molecule has 1 aromatic rings. The average Bonchev–Trinajstić information content (AvgIpc) is 2.20. The largest absolute Gasteiger partial charge is 0.324 e. The Balaban J connectivity index is 2.86. The van der Waals surface area contributed by atoms with Gasteiger partial charge in [-0.2, -0.15) is 0 Å². The van der Waals surface area contributed by atoms with E-state index in [4.69, 9.17) is 17.4 Å². The summed E-state index contributed by atoms with van der Waals surface area (Å²) in [4.78, 5) is 4.17. The van der Waals surface area contributed by atoms with Gasteiger partial charge >= 0.3 is 0 Å². The van der Waals surface area contributed by atoms with E-state index in [-0.39, 0.29) is 11.1 Å². The molecule has 1 rings (SSSR count). The highest BCUT2D eigenvalue weighted by atomic mass is 35.5. The highest BCUT2D eigenvalue weighted by Crippen LogP contribution is 2.22. The molecule has 0 fully saturated rings. The van der Waals surface area contributed by atoms with E-state index in [1.54, 1.807) is 0 Å². The maximum absolute atomic E-state index is 12.8. The first-order valence-electron chi connectivity index (χ1n) is 4.79. The lowest BCUT2D eigenvalue weighted by Gasteiger charge is -2.11. The van der Waals surface area contributed by atoms with Gasteiger partial charge in [0.2, 0.25) is 5.96 Å². The Morgan fingerprint density at radius 3 is 2.69 bits per heavy atom. The molecule has 0 aromatic heterocycles. The highest BCUT2D eigenvalue weighted by Gasteiger charge is 2.04. The number of hydrogen-bond acceptors (Lipinski definition) is 2. The average molecular weight is 245 g/mol. The van der Waals surface area contributed by atoms with E-state index in [1.165, 1.54) is 18.2 Å². The van der Waals surface area contributed by atoms with Gasteiger partial charge in [-0.15, -0.1) is 0 Å². The number of rotatable bonds is 2. The Bertz CT molecular complexity index is 392. The molecule has 0 saturated carbocycles. The molecule has 0 amide bonds. The van der Waals surface area contributed by atoms with E-state index < -0.39 is 5.82 Å². The molecule has 88 valence electrons. The van der Waals surface area contributed by atoms with Crippen molar-refractivity contribution in [3.05, 3.63) is 29.0 Å². The summed E-state index contributed by atoms with van der Waals surface area (Å²) < 4.78 is 12.8. The highest BCUT2D eigenvalue weighted by molar-refractivity contribution is 6.33. The number of guanidine groups is 1. The number of nitrogens with one attached hydrogen (secondary N) is 2. The van der Waals surface area contributed by atoms with Gasteiger partial charge in [0.1, 0.15) is 5.82 Å². The van der Waals surface area contributed by atoms with Crippen molar-refractivity contribution in [2.75, 3.05) is 5.32 Å². The molecule has 0 aliphatic rings. The van der Waals surface area contributed by atoms with Crippen LogP contribution in [0.2, 0.25) is 5.02 Å². The van der Waals surface area contributed by atoms with Crippen LogP contribution < -0.4 is 16.6 Å². The third kappa shape index (κ3) is 3.67. The summed E-state index contributed by atoms with van der Waals surface area (Å²) in [6.45, 7) is 3.82. The first-order chi connectivity index (χ1) is 7.52. The van der Waals surface area contributed by atoms with Gasteiger partial charge in [0, 0.05) is 6.04 Å². The standard InChI is InChI=1S/C10H14ClFN4/c1-6(2)14-10(16-13)15-9-4-3-7(12)5-8(9)11/h3-6H,13H2,1-2H3,(H2,14,15,16). The Morgan fingerprint density at radius 2 is 2.19 bits per heavy atom. The molecule has 0 heterocycles. The molecule has 0 unspecified atom stereocenters. The number of hydrazine groups is 1. The van der Waals surface area contributed by atoms with Crippen molar-refractivity contribution in [1.29, 1.82) is 0 Å². The molecule has 0 radical (unpaired) electrons. The topological polar surface area (TPSA) is 62.4 Å². The van der Waals surface area contributed by atoms with Crippen LogP contribution >= 0.6 is 11.6 Å². The maximum atomic E-state index is 12.8. The lowest BCUT2D eigenvalue weighted by Crippen LogP contribution is -2.37. The van der Waals surface area contributed by atoms with Crippen molar-refractivity contribution >= 4 is 23.2 Å². The van der Waals surface area contributed by atoms with E-state index in [9.17, 15) is 4.39 Å². The van der Waals surface area contributed by atoms with Gasteiger partial charge in [-0.05, 0) is 32.0 Å². The van der Waals surface area contributed by atoms with E-state index >= 15 is 0 Å². The smallest absolute Gasteiger partial charge is 0.210 e. The van der Waals surface area contributed by atoms with Gasteiger partial charge < -0.3 is 5.32 Å². The van der Waals surface area contributed by atoms with Gasteiger partial charge in [0.05, 0.1) is 10.7 Å². The van der Waals surface area contributed by atoms with Crippen LogP contribution in [0.4, 0.5) is 10.1 Å². The van der Waals surface area contributed by atoms with Gasteiger partial charge in [-0.3, -0.25) is 5.43 Å². The second kappa shape index (κ2) is 5.67. The fraction of sp³-hybridized carbons (Fsp3) is 0.300. The van der Waals surface area contributed by atoms with Crippen LogP contribution in [-0.4, -0.2) is 12.0 Å². The summed E-state index contributed by atoms with van der Waals surface area (Å²) >= 11 is 5.84. The van der Waals surface area contributed by atoms with Crippen molar-refractivity contribution in [3.63, 3.8) is 0 Å². The molecule has 6 heteroatoms. The number of halogens is 2. The molecule has 16 heavy (non-hydrogen) atoms. The minimum Gasteiger partial charge on any atom is -0.324 e. The van der Waals surface area contributed by atoms with Crippen molar-refractivity contribution in [2.45, 2.75) is 19.9 Å². The zero-order chi connectivity index (χ0) is 12.1. The monoisotopic (exact) mass is 244 g/mol. The molecule has 1 aromatic carbocycles. The van der Waals surface area contributed by atoms with E-state index in [0.717, 1.165) is 0 Å². The molecule has 0 aliphatic heterocycles. The zero-order valence-electron chi connectivity index (χ0n) is 9.09. The molecule has 0 bridgehead atoms. The summed E-state index contributed by atoms with van der Waals surface area (Å²) in [5, 5.41) is 3.14. The van der Waals surface area contributed by atoms with Crippen molar-refractivity contribution in [3.8, 4) is 0 Å². The van der Waals surface area contributed by atoms with Crippen LogP contribution in [-0.2, 0) is 0 Å². The number of anilines is 1. The third-order valence-corrected chi connectivity index (χ3v) is 2.02. The van der Waals surface area contributed by atoms with Crippen molar-refractivity contribution < 1.29 is 4.39 Å². The maximum Gasteiger partial charge on any atom is 0.210 e. The quantitative estimate of drug-likeness (QED) is 0.323. The zero-order valence-corrected chi connectivity index (χ0v) is 9.85. The van der Waals surface area contributed by atoms with Crippen LogP contribution in [0, 0.1) is 5.82 Å². The Kier molecular flexibility index (Phi) is 4.52. The van der Waals surface area contributed by atoms with Crippen LogP contribution in [0.15, 0.2) is 23.2 Å². The van der Waals surface area contributed by atoms with Crippen LogP contribution in [0.1, 0.15) is 13.8 Å². The predicted molar refractivity (Wildman–Crippen MR) is 64.9 cm³/mol. The molecule has 0 aliphatic carbocycles. The minimum absolute atomic E-state index is 0.0813. The van der Waals surface area contributed by atoms with Crippen molar-refractivity contribution in [1.82, 2.24) is 5.43 Å². The number of nitrogens with zero attached hydrogens (tertiary/aromatic N) is 1. The van der Waals surface area contributed by atoms with Gasteiger partial charge in [0.15, 0.2) is 0 Å². The first kappa shape index (κ1) is 12.7. The fourth-order valence-electron chi connectivity index (χ4n) is 1.08. The fourth-order valence-corrected chi connectivity index (χ4v) is 1.30. The molecular weight excluding hydrogens is 231 g/mol. The summed E-state index contributed by atoms with van der Waals surface area (Å²) in [5.41, 5.74) is 2.95.